The van der Waals surface area contributed by atoms with Crippen molar-refractivity contribution in [2.75, 3.05) is 24.9 Å². The van der Waals surface area contributed by atoms with E-state index in [4.69, 9.17) is 9.47 Å². The smallest absolute Gasteiger partial charge is 0.493 e. The monoisotopic (exact) mass is 541 g/mol. The van der Waals surface area contributed by atoms with Crippen molar-refractivity contribution < 1.29 is 32.2 Å². The average Bonchev–Trinajstić information content (AvgIpc) is 3.29. The molecule has 5 rings (SSSR count). The number of nitrogens with zero attached hydrogens (tertiary/aromatic N) is 3. The molecule has 2 aromatic heterocycles. The molecule has 0 aliphatic heterocycles. The minimum Gasteiger partial charge on any atom is -0.493 e. The molecule has 3 aromatic carbocycles. The Morgan fingerprint density at radius 3 is 2.37 bits per heavy atom. The molecular formula is C25H18F3N5O4S. The molecule has 0 saturated heterocycles. The van der Waals surface area contributed by atoms with Gasteiger partial charge in [-0.2, -0.15) is 0 Å². The molecule has 0 atom stereocenters. The molecule has 38 heavy (non-hydrogen) atoms. The summed E-state index contributed by atoms with van der Waals surface area (Å²) in [5.41, 5.74) is 2.03. The summed E-state index contributed by atoms with van der Waals surface area (Å²) in [6.45, 7) is 0. The zero-order valence-electron chi connectivity index (χ0n) is 19.8. The number of alkyl halides is 3. The lowest BCUT2D eigenvalue weighted by molar-refractivity contribution is -0.274. The van der Waals surface area contributed by atoms with Crippen LogP contribution < -0.4 is 24.8 Å². The first-order valence-electron chi connectivity index (χ1n) is 10.9. The Hall–Kier alpha value is -4.65. The second-order valence-corrected chi connectivity index (χ2v) is 8.83. The Morgan fingerprint density at radius 1 is 0.921 bits per heavy atom. The number of carbonyl (C=O) groups excluding carboxylic acids is 1. The Labute approximate surface area is 217 Å². The summed E-state index contributed by atoms with van der Waals surface area (Å²) in [6, 6.07) is 13.4. The third kappa shape index (κ3) is 5.37. The number of amides is 1. The van der Waals surface area contributed by atoms with E-state index < -0.39 is 18.0 Å². The van der Waals surface area contributed by atoms with Crippen LogP contribution in [0.2, 0.25) is 0 Å². The van der Waals surface area contributed by atoms with Gasteiger partial charge in [0, 0.05) is 22.7 Å². The molecule has 13 heteroatoms. The second-order valence-electron chi connectivity index (χ2n) is 7.80. The molecule has 0 spiro atoms. The molecule has 9 nitrogen and oxygen atoms in total. The van der Waals surface area contributed by atoms with Crippen LogP contribution in [0.25, 0.3) is 21.1 Å². The Morgan fingerprint density at radius 2 is 1.66 bits per heavy atom. The molecule has 0 aliphatic carbocycles. The van der Waals surface area contributed by atoms with E-state index in [0.29, 0.717) is 44.6 Å². The van der Waals surface area contributed by atoms with Crippen molar-refractivity contribution >= 4 is 55.0 Å². The quantitative estimate of drug-likeness (QED) is 0.253. The Bertz CT molecular complexity index is 1640. The van der Waals surface area contributed by atoms with E-state index in [9.17, 15) is 18.0 Å². The molecule has 0 radical (unpaired) electrons. The van der Waals surface area contributed by atoms with E-state index in [-0.39, 0.29) is 5.56 Å². The molecule has 2 heterocycles. The highest BCUT2D eigenvalue weighted by Crippen LogP contribution is 2.36. The lowest BCUT2D eigenvalue weighted by Crippen LogP contribution is -2.17. The zero-order valence-corrected chi connectivity index (χ0v) is 20.6. The summed E-state index contributed by atoms with van der Waals surface area (Å²) in [4.78, 5) is 25.8. The number of hydrogen-bond acceptors (Lipinski definition) is 9. The van der Waals surface area contributed by atoms with Crippen molar-refractivity contribution in [1.29, 1.82) is 0 Å². The van der Waals surface area contributed by atoms with Crippen molar-refractivity contribution in [3.05, 3.63) is 66.5 Å². The predicted molar refractivity (Wildman–Crippen MR) is 137 cm³/mol. The van der Waals surface area contributed by atoms with Crippen LogP contribution in [-0.2, 0) is 0 Å². The Kier molecular flexibility index (Phi) is 6.59. The van der Waals surface area contributed by atoms with Crippen LogP contribution in [0, 0.1) is 0 Å². The third-order valence-corrected chi connectivity index (χ3v) is 6.30. The number of benzene rings is 3. The summed E-state index contributed by atoms with van der Waals surface area (Å²) >= 11 is 1.35. The number of carbonyl (C=O) groups is 1. The first-order chi connectivity index (χ1) is 18.2. The number of rotatable bonds is 7. The van der Waals surface area contributed by atoms with Gasteiger partial charge in [0.05, 0.1) is 30.0 Å². The molecule has 0 fully saturated rings. The second kappa shape index (κ2) is 10.0. The fourth-order valence-corrected chi connectivity index (χ4v) is 4.56. The molecule has 2 N–H and O–H groups in total. The van der Waals surface area contributed by atoms with Crippen LogP contribution in [-0.4, -0.2) is 41.4 Å². The summed E-state index contributed by atoms with van der Waals surface area (Å²) in [6.07, 6.45) is -3.37. The van der Waals surface area contributed by atoms with E-state index in [1.54, 1.807) is 44.6 Å². The van der Waals surface area contributed by atoms with Crippen LogP contribution >= 0.6 is 11.3 Å². The van der Waals surface area contributed by atoms with Gasteiger partial charge in [0.15, 0.2) is 16.6 Å². The first-order valence-corrected chi connectivity index (χ1v) is 11.8. The molecule has 0 unspecified atom stereocenters. The van der Waals surface area contributed by atoms with Crippen LogP contribution in [0.15, 0.2) is 60.9 Å². The summed E-state index contributed by atoms with van der Waals surface area (Å²) < 4.78 is 52.4. The van der Waals surface area contributed by atoms with Gasteiger partial charge in [0.25, 0.3) is 5.91 Å². The lowest BCUT2D eigenvalue weighted by Gasteiger charge is -2.10. The standard InChI is InChI=1S/C25H18F3N5O4S/c1-35-19-10-16-18(11-20(19)36-2)29-12-30-22(16)33-24-32-17-8-5-14(9-21(17)38-24)31-23(34)13-3-6-15(7-4-13)37-25(26,27)28/h3-12H,1-2H3,(H,31,34)(H,29,30,32,33). The average molecular weight is 542 g/mol. The molecule has 0 aliphatic rings. The number of fused-ring (bicyclic) bond motifs is 2. The number of hydrogen-bond donors (Lipinski definition) is 2. The number of nitrogens with one attached hydrogen (secondary N) is 2. The van der Waals surface area contributed by atoms with Gasteiger partial charge in [-0.25, -0.2) is 15.0 Å². The number of methoxy groups -OCH3 is 2. The van der Waals surface area contributed by atoms with Crippen molar-refractivity contribution in [2.24, 2.45) is 0 Å². The first kappa shape index (κ1) is 25.0. The molecule has 5 aromatic rings. The van der Waals surface area contributed by atoms with E-state index in [2.05, 4.69) is 30.3 Å². The van der Waals surface area contributed by atoms with Gasteiger partial charge in [-0.3, -0.25) is 4.79 Å². The zero-order chi connectivity index (χ0) is 26.9. The maximum absolute atomic E-state index is 12.6. The van der Waals surface area contributed by atoms with Crippen molar-refractivity contribution in [3.8, 4) is 17.2 Å². The van der Waals surface area contributed by atoms with Crippen molar-refractivity contribution in [1.82, 2.24) is 15.0 Å². The van der Waals surface area contributed by atoms with Gasteiger partial charge in [-0.15, -0.1) is 13.2 Å². The molecule has 1 amide bonds. The number of aromatic nitrogens is 3. The van der Waals surface area contributed by atoms with E-state index in [0.717, 1.165) is 16.8 Å². The number of halogens is 3. The summed E-state index contributed by atoms with van der Waals surface area (Å²) in [5, 5.41) is 7.23. The predicted octanol–water partition coefficient (Wildman–Crippen LogP) is 6.15. The number of ether oxygens (including phenoxy) is 3. The largest absolute Gasteiger partial charge is 0.573 e. The topological polar surface area (TPSA) is 107 Å². The number of anilines is 3. The van der Waals surface area contributed by atoms with E-state index >= 15 is 0 Å². The molecule has 0 bridgehead atoms. The molecule has 194 valence electrons. The highest BCUT2D eigenvalue weighted by molar-refractivity contribution is 7.22. The molecule has 0 saturated carbocycles. The van der Waals surface area contributed by atoms with Crippen LogP contribution in [0.4, 0.5) is 29.8 Å². The van der Waals surface area contributed by atoms with Crippen LogP contribution in [0.3, 0.4) is 0 Å². The Balaban J connectivity index is 1.34. The van der Waals surface area contributed by atoms with Crippen LogP contribution in [0.1, 0.15) is 10.4 Å². The highest BCUT2D eigenvalue weighted by Gasteiger charge is 2.31. The van der Waals surface area contributed by atoms with E-state index in [1.807, 2.05) is 0 Å². The minimum absolute atomic E-state index is 0.175. The highest BCUT2D eigenvalue weighted by atomic mass is 32.1. The fraction of sp³-hybridized carbons (Fsp3) is 0.120. The van der Waals surface area contributed by atoms with Crippen LogP contribution in [0.5, 0.6) is 17.2 Å². The van der Waals surface area contributed by atoms with Gasteiger partial charge < -0.3 is 24.8 Å². The number of thiazole rings is 1. The normalized spacial score (nSPS) is 11.4. The van der Waals surface area contributed by atoms with Gasteiger partial charge in [-0.1, -0.05) is 11.3 Å². The van der Waals surface area contributed by atoms with Gasteiger partial charge in [-0.05, 0) is 48.5 Å². The van der Waals surface area contributed by atoms with Gasteiger partial charge in [0.1, 0.15) is 17.9 Å². The van der Waals surface area contributed by atoms with Gasteiger partial charge in [0.2, 0.25) is 0 Å². The maximum atomic E-state index is 12.6. The van der Waals surface area contributed by atoms with Crippen molar-refractivity contribution in [3.63, 3.8) is 0 Å². The SMILES string of the molecule is COc1cc2ncnc(Nc3nc4ccc(NC(=O)c5ccc(OC(F)(F)F)cc5)cc4s3)c2cc1OC. The minimum atomic E-state index is -4.80. The van der Waals surface area contributed by atoms with Gasteiger partial charge >= 0.3 is 6.36 Å². The third-order valence-electron chi connectivity index (χ3n) is 5.36. The van der Waals surface area contributed by atoms with Crippen molar-refractivity contribution in [2.45, 2.75) is 6.36 Å². The lowest BCUT2D eigenvalue weighted by atomic mass is 10.2. The fourth-order valence-electron chi connectivity index (χ4n) is 3.65. The maximum Gasteiger partial charge on any atom is 0.573 e. The molecular weight excluding hydrogens is 523 g/mol. The van der Waals surface area contributed by atoms with E-state index in [1.165, 1.54) is 29.8 Å². The summed E-state index contributed by atoms with van der Waals surface area (Å²) in [5.74, 6) is 0.716. The summed E-state index contributed by atoms with van der Waals surface area (Å²) in [7, 11) is 3.09.